The fourth-order valence-corrected chi connectivity index (χ4v) is 2.84. The maximum atomic E-state index is 6.05. The SMILES string of the molecule is CCOCC(N)C1(C)CCCS1. The van der Waals surface area contributed by atoms with E-state index in [-0.39, 0.29) is 10.8 Å². The van der Waals surface area contributed by atoms with Crippen LogP contribution in [0.1, 0.15) is 26.7 Å². The van der Waals surface area contributed by atoms with E-state index in [0.29, 0.717) is 6.61 Å². The van der Waals surface area contributed by atoms with Gasteiger partial charge < -0.3 is 10.5 Å². The van der Waals surface area contributed by atoms with Gasteiger partial charge in [0.25, 0.3) is 0 Å². The fourth-order valence-electron chi connectivity index (χ4n) is 1.51. The van der Waals surface area contributed by atoms with Gasteiger partial charge >= 0.3 is 0 Å². The molecule has 0 spiro atoms. The van der Waals surface area contributed by atoms with E-state index in [9.17, 15) is 0 Å². The number of rotatable bonds is 4. The zero-order valence-electron chi connectivity index (χ0n) is 8.01. The highest BCUT2D eigenvalue weighted by molar-refractivity contribution is 8.00. The molecule has 2 unspecified atom stereocenters. The van der Waals surface area contributed by atoms with E-state index in [1.165, 1.54) is 18.6 Å². The van der Waals surface area contributed by atoms with Gasteiger partial charge in [-0.3, -0.25) is 0 Å². The molecule has 0 saturated carbocycles. The Morgan fingerprint density at radius 3 is 2.92 bits per heavy atom. The maximum Gasteiger partial charge on any atom is 0.0630 e. The molecule has 1 saturated heterocycles. The first-order valence-electron chi connectivity index (χ1n) is 4.66. The summed E-state index contributed by atoms with van der Waals surface area (Å²) in [7, 11) is 0. The second-order valence-electron chi connectivity index (χ2n) is 3.53. The van der Waals surface area contributed by atoms with Gasteiger partial charge in [-0.25, -0.2) is 0 Å². The molecule has 0 aromatic heterocycles. The van der Waals surface area contributed by atoms with Gasteiger partial charge in [-0.1, -0.05) is 0 Å². The number of hydrogen-bond donors (Lipinski definition) is 1. The van der Waals surface area contributed by atoms with Crippen LogP contribution in [0.4, 0.5) is 0 Å². The van der Waals surface area contributed by atoms with Crippen LogP contribution >= 0.6 is 11.8 Å². The monoisotopic (exact) mass is 189 g/mol. The van der Waals surface area contributed by atoms with E-state index < -0.39 is 0 Å². The molecule has 1 rings (SSSR count). The minimum Gasteiger partial charge on any atom is -0.380 e. The molecule has 12 heavy (non-hydrogen) atoms. The van der Waals surface area contributed by atoms with Gasteiger partial charge in [-0.05, 0) is 32.4 Å². The van der Waals surface area contributed by atoms with Crippen molar-refractivity contribution >= 4 is 11.8 Å². The van der Waals surface area contributed by atoms with Gasteiger partial charge in [0.2, 0.25) is 0 Å². The molecular weight excluding hydrogens is 170 g/mol. The highest BCUT2D eigenvalue weighted by atomic mass is 32.2. The largest absolute Gasteiger partial charge is 0.380 e. The van der Waals surface area contributed by atoms with E-state index >= 15 is 0 Å². The summed E-state index contributed by atoms with van der Waals surface area (Å²) in [6.07, 6.45) is 2.55. The first-order valence-corrected chi connectivity index (χ1v) is 5.65. The standard InChI is InChI=1S/C9H19NOS/c1-3-11-7-8(10)9(2)5-4-6-12-9/h8H,3-7,10H2,1-2H3. The maximum absolute atomic E-state index is 6.05. The molecule has 2 N–H and O–H groups in total. The van der Waals surface area contributed by atoms with Crippen LogP contribution in [-0.2, 0) is 4.74 Å². The fraction of sp³-hybridized carbons (Fsp3) is 1.00. The molecule has 0 aromatic carbocycles. The Balaban J connectivity index is 2.33. The molecule has 1 fully saturated rings. The van der Waals surface area contributed by atoms with Gasteiger partial charge in [-0.2, -0.15) is 11.8 Å². The first-order chi connectivity index (χ1) is 5.69. The van der Waals surface area contributed by atoms with Gasteiger partial charge in [0, 0.05) is 17.4 Å². The highest BCUT2D eigenvalue weighted by Gasteiger charge is 2.35. The van der Waals surface area contributed by atoms with Crippen LogP contribution in [0.25, 0.3) is 0 Å². The lowest BCUT2D eigenvalue weighted by molar-refractivity contribution is 0.123. The van der Waals surface area contributed by atoms with Crippen LogP contribution in [0.3, 0.4) is 0 Å². The Labute approximate surface area is 79.2 Å². The number of ether oxygens (including phenoxy) is 1. The third kappa shape index (κ3) is 2.38. The smallest absolute Gasteiger partial charge is 0.0630 e. The summed E-state index contributed by atoms with van der Waals surface area (Å²) in [6, 6.07) is 0.199. The van der Waals surface area contributed by atoms with E-state index in [1.54, 1.807) is 0 Å². The van der Waals surface area contributed by atoms with Gasteiger partial charge in [0.1, 0.15) is 0 Å². The summed E-state index contributed by atoms with van der Waals surface area (Å²) in [5.74, 6) is 1.26. The zero-order chi connectivity index (χ0) is 9.03. The lowest BCUT2D eigenvalue weighted by Crippen LogP contribution is -2.44. The molecule has 2 atom stereocenters. The van der Waals surface area contributed by atoms with Crippen molar-refractivity contribution in [1.82, 2.24) is 0 Å². The average Bonchev–Trinajstić information content (AvgIpc) is 2.49. The molecule has 0 amide bonds. The van der Waals surface area contributed by atoms with E-state index in [1.807, 2.05) is 18.7 Å². The molecule has 1 aliphatic rings. The minimum absolute atomic E-state index is 0.199. The van der Waals surface area contributed by atoms with Gasteiger partial charge in [0.05, 0.1) is 6.61 Å². The van der Waals surface area contributed by atoms with Gasteiger partial charge in [-0.15, -0.1) is 0 Å². The molecule has 0 aliphatic carbocycles. The first kappa shape index (κ1) is 10.4. The Morgan fingerprint density at radius 1 is 1.67 bits per heavy atom. The molecule has 72 valence electrons. The minimum atomic E-state index is 0.199. The highest BCUT2D eigenvalue weighted by Crippen LogP contribution is 2.39. The van der Waals surface area contributed by atoms with Crippen molar-refractivity contribution in [3.05, 3.63) is 0 Å². The van der Waals surface area contributed by atoms with Crippen LogP contribution in [0.2, 0.25) is 0 Å². The lowest BCUT2D eigenvalue weighted by Gasteiger charge is -2.29. The summed E-state index contributed by atoms with van der Waals surface area (Å²) in [4.78, 5) is 0. The van der Waals surface area contributed by atoms with Crippen molar-refractivity contribution < 1.29 is 4.74 Å². The Kier molecular flexibility index (Phi) is 3.87. The third-order valence-corrected chi connectivity index (χ3v) is 4.19. The normalized spacial score (nSPS) is 32.2. The van der Waals surface area contributed by atoms with Crippen molar-refractivity contribution in [2.45, 2.75) is 37.5 Å². The van der Waals surface area contributed by atoms with Crippen molar-refractivity contribution in [1.29, 1.82) is 0 Å². The average molecular weight is 189 g/mol. The van der Waals surface area contributed by atoms with Crippen molar-refractivity contribution in [2.75, 3.05) is 19.0 Å². The predicted molar refractivity (Wildman–Crippen MR) is 54.6 cm³/mol. The Bertz CT molecular complexity index is 134. The third-order valence-electron chi connectivity index (χ3n) is 2.54. The quantitative estimate of drug-likeness (QED) is 0.730. The van der Waals surface area contributed by atoms with E-state index in [4.69, 9.17) is 10.5 Å². The van der Waals surface area contributed by atoms with Crippen LogP contribution in [0.15, 0.2) is 0 Å². The topological polar surface area (TPSA) is 35.2 Å². The van der Waals surface area contributed by atoms with E-state index in [0.717, 1.165) is 6.61 Å². The summed E-state index contributed by atoms with van der Waals surface area (Å²) in [5, 5.41) is 0. The van der Waals surface area contributed by atoms with Crippen LogP contribution in [0, 0.1) is 0 Å². The zero-order valence-corrected chi connectivity index (χ0v) is 8.82. The predicted octanol–water partition coefficient (Wildman–Crippen LogP) is 1.64. The summed E-state index contributed by atoms with van der Waals surface area (Å²) >= 11 is 2.00. The van der Waals surface area contributed by atoms with Crippen LogP contribution in [0.5, 0.6) is 0 Å². The Hall–Kier alpha value is 0.270. The summed E-state index contributed by atoms with van der Waals surface area (Å²) in [6.45, 7) is 5.75. The van der Waals surface area contributed by atoms with Crippen molar-refractivity contribution in [3.63, 3.8) is 0 Å². The second kappa shape index (κ2) is 4.49. The van der Waals surface area contributed by atoms with E-state index in [2.05, 4.69) is 6.92 Å². The molecule has 2 nitrogen and oxygen atoms in total. The molecule has 0 aromatic rings. The van der Waals surface area contributed by atoms with Gasteiger partial charge in [0.15, 0.2) is 0 Å². The number of nitrogens with two attached hydrogens (primary N) is 1. The molecular formula is C9H19NOS. The molecule has 0 bridgehead atoms. The molecule has 1 aliphatic heterocycles. The lowest BCUT2D eigenvalue weighted by atomic mass is 9.97. The Morgan fingerprint density at radius 2 is 2.42 bits per heavy atom. The molecule has 3 heteroatoms. The summed E-state index contributed by atoms with van der Waals surface area (Å²) in [5.41, 5.74) is 6.05. The molecule has 0 radical (unpaired) electrons. The number of thioether (sulfide) groups is 1. The summed E-state index contributed by atoms with van der Waals surface area (Å²) < 4.78 is 5.61. The van der Waals surface area contributed by atoms with Crippen LogP contribution in [-0.4, -0.2) is 29.8 Å². The second-order valence-corrected chi connectivity index (χ2v) is 5.16. The van der Waals surface area contributed by atoms with Crippen molar-refractivity contribution in [3.8, 4) is 0 Å². The van der Waals surface area contributed by atoms with Crippen molar-refractivity contribution in [2.24, 2.45) is 5.73 Å². The number of hydrogen-bond acceptors (Lipinski definition) is 3. The molecule has 1 heterocycles. The van der Waals surface area contributed by atoms with Crippen LogP contribution < -0.4 is 5.73 Å².